The molecule has 0 bridgehead atoms. The minimum Gasteiger partial charge on any atom is -0.370 e. The molecule has 1 aliphatic heterocycles. The van der Waals surface area contributed by atoms with Gasteiger partial charge in [-0.15, -0.1) is 0 Å². The van der Waals surface area contributed by atoms with Crippen LogP contribution in [0.15, 0.2) is 22.7 Å². The molecule has 0 aromatic heterocycles. The molecule has 1 aliphatic rings. The van der Waals surface area contributed by atoms with E-state index in [1.54, 1.807) is 0 Å². The lowest BCUT2D eigenvalue weighted by atomic mass is 9.94. The van der Waals surface area contributed by atoms with Crippen LogP contribution in [0.2, 0.25) is 0 Å². The number of ether oxygens (including phenoxy) is 1. The van der Waals surface area contributed by atoms with Crippen LogP contribution < -0.4 is 0 Å². The number of hydrogen-bond acceptors (Lipinski definition) is 1. The van der Waals surface area contributed by atoms with Gasteiger partial charge in [0.1, 0.15) is 0 Å². The van der Waals surface area contributed by atoms with Gasteiger partial charge >= 0.3 is 0 Å². The topological polar surface area (TPSA) is 12.5 Å². The van der Waals surface area contributed by atoms with Crippen molar-refractivity contribution in [2.75, 3.05) is 0 Å². The van der Waals surface area contributed by atoms with Crippen molar-refractivity contribution >= 4 is 15.9 Å². The molecule has 0 aliphatic carbocycles. The summed E-state index contributed by atoms with van der Waals surface area (Å²) < 4.78 is 6.80. The molecule has 2 rings (SSSR count). The van der Waals surface area contributed by atoms with E-state index in [-0.39, 0.29) is 0 Å². The van der Waals surface area contributed by atoms with Crippen molar-refractivity contribution < 1.29 is 4.74 Å². The Morgan fingerprint density at radius 2 is 2.12 bits per heavy atom. The predicted octanol–water partition coefficient (Wildman–Crippen LogP) is 4.43. The van der Waals surface area contributed by atoms with E-state index in [1.807, 2.05) is 0 Å². The second-order valence-corrected chi connectivity index (χ2v) is 5.62. The van der Waals surface area contributed by atoms with Gasteiger partial charge in [-0.1, -0.05) is 41.9 Å². The summed E-state index contributed by atoms with van der Waals surface area (Å²) in [6.07, 6.45) is 3.33. The van der Waals surface area contributed by atoms with E-state index in [0.717, 1.165) is 12.8 Å². The van der Waals surface area contributed by atoms with E-state index >= 15 is 0 Å². The van der Waals surface area contributed by atoms with E-state index in [0.29, 0.717) is 18.1 Å². The highest BCUT2D eigenvalue weighted by molar-refractivity contribution is 9.10. The standard InChI is InChI=1S/C14H19BrO/c1-4-13-14(16-13)8-9(2)11-5-6-12(15)10(3)7-11/h5-7,9,13-14H,4,8H2,1-3H3. The molecule has 3 unspecified atom stereocenters. The zero-order valence-electron chi connectivity index (χ0n) is 10.2. The van der Waals surface area contributed by atoms with Crippen molar-refractivity contribution in [1.82, 2.24) is 0 Å². The third-order valence-electron chi connectivity index (χ3n) is 3.43. The summed E-state index contributed by atoms with van der Waals surface area (Å²) in [5, 5.41) is 0. The Labute approximate surface area is 106 Å². The molecule has 0 spiro atoms. The molecule has 1 heterocycles. The lowest BCUT2D eigenvalue weighted by Crippen LogP contribution is -2.01. The van der Waals surface area contributed by atoms with Crippen LogP contribution in [0.25, 0.3) is 0 Å². The summed E-state index contributed by atoms with van der Waals surface area (Å²) in [5.74, 6) is 0.591. The van der Waals surface area contributed by atoms with Crippen LogP contribution in [0.5, 0.6) is 0 Å². The Balaban J connectivity index is 1.98. The Hall–Kier alpha value is -0.340. The number of aryl methyl sites for hydroxylation is 1. The lowest BCUT2D eigenvalue weighted by molar-refractivity contribution is 0.353. The molecule has 1 nitrogen and oxygen atoms in total. The van der Waals surface area contributed by atoms with Crippen LogP contribution in [-0.4, -0.2) is 12.2 Å². The summed E-state index contributed by atoms with van der Waals surface area (Å²) in [6.45, 7) is 6.62. The van der Waals surface area contributed by atoms with Crippen LogP contribution in [0, 0.1) is 6.92 Å². The van der Waals surface area contributed by atoms with Gasteiger partial charge in [-0.3, -0.25) is 0 Å². The highest BCUT2D eigenvalue weighted by atomic mass is 79.9. The van der Waals surface area contributed by atoms with E-state index in [9.17, 15) is 0 Å². The molecule has 1 fully saturated rings. The molecule has 0 radical (unpaired) electrons. The van der Waals surface area contributed by atoms with Gasteiger partial charge < -0.3 is 4.74 Å². The number of hydrogen-bond donors (Lipinski definition) is 0. The largest absolute Gasteiger partial charge is 0.370 e. The first-order valence-corrected chi connectivity index (χ1v) is 6.82. The number of halogens is 1. The third-order valence-corrected chi connectivity index (χ3v) is 4.32. The Kier molecular flexibility index (Phi) is 3.70. The SMILES string of the molecule is CCC1OC1CC(C)c1ccc(Br)c(C)c1. The van der Waals surface area contributed by atoms with Crippen LogP contribution in [0.3, 0.4) is 0 Å². The molecule has 1 saturated heterocycles. The fourth-order valence-electron chi connectivity index (χ4n) is 2.20. The smallest absolute Gasteiger partial charge is 0.0847 e. The van der Waals surface area contributed by atoms with Crippen molar-refractivity contribution in [3.8, 4) is 0 Å². The lowest BCUT2D eigenvalue weighted by Gasteiger charge is -2.11. The molecule has 16 heavy (non-hydrogen) atoms. The molecule has 0 saturated carbocycles. The van der Waals surface area contributed by atoms with Crippen molar-refractivity contribution in [1.29, 1.82) is 0 Å². The van der Waals surface area contributed by atoms with Crippen LogP contribution in [-0.2, 0) is 4.74 Å². The van der Waals surface area contributed by atoms with Crippen molar-refractivity contribution in [3.05, 3.63) is 33.8 Å². The van der Waals surface area contributed by atoms with Crippen LogP contribution in [0.1, 0.15) is 43.7 Å². The normalized spacial score (nSPS) is 25.5. The van der Waals surface area contributed by atoms with Gasteiger partial charge in [-0.05, 0) is 42.9 Å². The van der Waals surface area contributed by atoms with Crippen molar-refractivity contribution in [3.63, 3.8) is 0 Å². The maximum atomic E-state index is 5.60. The second kappa shape index (κ2) is 4.89. The van der Waals surface area contributed by atoms with E-state index in [2.05, 4.69) is 54.9 Å². The van der Waals surface area contributed by atoms with Gasteiger partial charge in [0.2, 0.25) is 0 Å². The Morgan fingerprint density at radius 3 is 2.69 bits per heavy atom. The van der Waals surface area contributed by atoms with E-state index in [1.165, 1.54) is 15.6 Å². The molecule has 0 N–H and O–H groups in total. The number of epoxide rings is 1. The van der Waals surface area contributed by atoms with Crippen LogP contribution >= 0.6 is 15.9 Å². The summed E-state index contributed by atoms with van der Waals surface area (Å²) in [7, 11) is 0. The number of benzene rings is 1. The molecular formula is C14H19BrO. The zero-order chi connectivity index (χ0) is 11.7. The molecule has 2 heteroatoms. The van der Waals surface area contributed by atoms with Crippen molar-refractivity contribution in [2.24, 2.45) is 0 Å². The second-order valence-electron chi connectivity index (χ2n) is 4.77. The molecule has 1 aromatic carbocycles. The maximum Gasteiger partial charge on any atom is 0.0847 e. The molecule has 0 amide bonds. The van der Waals surface area contributed by atoms with Gasteiger partial charge in [0.25, 0.3) is 0 Å². The maximum absolute atomic E-state index is 5.60. The zero-order valence-corrected chi connectivity index (χ0v) is 11.8. The monoisotopic (exact) mass is 282 g/mol. The average molecular weight is 283 g/mol. The van der Waals surface area contributed by atoms with Crippen LogP contribution in [0.4, 0.5) is 0 Å². The first-order valence-electron chi connectivity index (χ1n) is 6.03. The van der Waals surface area contributed by atoms with Gasteiger partial charge in [-0.2, -0.15) is 0 Å². The van der Waals surface area contributed by atoms with Gasteiger partial charge in [0, 0.05) is 4.47 Å². The number of rotatable bonds is 4. The van der Waals surface area contributed by atoms with E-state index in [4.69, 9.17) is 4.74 Å². The fourth-order valence-corrected chi connectivity index (χ4v) is 2.45. The minimum atomic E-state index is 0.504. The quantitative estimate of drug-likeness (QED) is 0.745. The summed E-state index contributed by atoms with van der Waals surface area (Å²) in [4.78, 5) is 0. The highest BCUT2D eigenvalue weighted by Crippen LogP contribution is 2.35. The predicted molar refractivity (Wildman–Crippen MR) is 70.9 cm³/mol. The first kappa shape index (κ1) is 12.1. The Bertz CT molecular complexity index is 375. The average Bonchev–Trinajstić information content (AvgIpc) is 3.00. The molecule has 88 valence electrons. The van der Waals surface area contributed by atoms with Gasteiger partial charge in [0.15, 0.2) is 0 Å². The minimum absolute atomic E-state index is 0.504. The molecule has 1 aromatic rings. The van der Waals surface area contributed by atoms with Crippen molar-refractivity contribution in [2.45, 2.75) is 51.7 Å². The summed E-state index contributed by atoms with van der Waals surface area (Å²) in [5.41, 5.74) is 2.74. The summed E-state index contributed by atoms with van der Waals surface area (Å²) in [6, 6.07) is 6.63. The summed E-state index contributed by atoms with van der Waals surface area (Å²) >= 11 is 3.54. The Morgan fingerprint density at radius 1 is 1.38 bits per heavy atom. The van der Waals surface area contributed by atoms with E-state index < -0.39 is 0 Å². The third kappa shape index (κ3) is 2.67. The molecule has 3 atom stereocenters. The van der Waals surface area contributed by atoms with Gasteiger partial charge in [0.05, 0.1) is 12.2 Å². The fraction of sp³-hybridized carbons (Fsp3) is 0.571. The highest BCUT2D eigenvalue weighted by Gasteiger charge is 2.37. The first-order chi connectivity index (χ1) is 7.61. The van der Waals surface area contributed by atoms with Gasteiger partial charge in [-0.25, -0.2) is 0 Å². The molecular weight excluding hydrogens is 264 g/mol.